The van der Waals surface area contributed by atoms with Gasteiger partial charge in [-0.25, -0.2) is 14.5 Å². The lowest BCUT2D eigenvalue weighted by Gasteiger charge is -2.30. The van der Waals surface area contributed by atoms with Crippen molar-refractivity contribution in [2.45, 2.75) is 18.9 Å². The molecule has 0 aliphatic carbocycles. The highest BCUT2D eigenvalue weighted by Crippen LogP contribution is 2.25. The standard InChI is InChI=1S/C16H19N3O4.ClH/c1-23-15(21)11-2-4-13(5-3-11)19-14(20)10-18(16(19)22)12-6-8-17-9-7-12;/h2-5,12,17H,6-10H2,1H3;1H. The zero-order valence-corrected chi connectivity index (χ0v) is 14.2. The van der Waals surface area contributed by atoms with Gasteiger partial charge in [-0.2, -0.15) is 0 Å². The van der Waals surface area contributed by atoms with Gasteiger partial charge in [-0.15, -0.1) is 12.4 Å². The van der Waals surface area contributed by atoms with E-state index in [4.69, 9.17) is 0 Å². The first-order valence-electron chi connectivity index (χ1n) is 7.64. The SMILES string of the molecule is COC(=O)c1ccc(N2C(=O)CN(C3CCNCC3)C2=O)cc1.Cl. The number of esters is 1. The molecule has 0 spiro atoms. The van der Waals surface area contributed by atoms with Gasteiger partial charge in [0.2, 0.25) is 0 Å². The molecular weight excluding hydrogens is 334 g/mol. The summed E-state index contributed by atoms with van der Waals surface area (Å²) in [6.07, 6.45) is 1.71. The van der Waals surface area contributed by atoms with Crippen LogP contribution in [0.5, 0.6) is 0 Å². The van der Waals surface area contributed by atoms with Crippen molar-refractivity contribution in [3.05, 3.63) is 29.8 Å². The van der Waals surface area contributed by atoms with Gasteiger partial charge in [0.05, 0.1) is 18.4 Å². The second-order valence-corrected chi connectivity index (χ2v) is 5.66. The van der Waals surface area contributed by atoms with Crippen LogP contribution < -0.4 is 10.2 Å². The fourth-order valence-corrected chi connectivity index (χ4v) is 3.04. The van der Waals surface area contributed by atoms with E-state index in [1.54, 1.807) is 29.2 Å². The molecule has 0 radical (unpaired) electrons. The van der Waals surface area contributed by atoms with Crippen molar-refractivity contribution in [3.63, 3.8) is 0 Å². The van der Waals surface area contributed by atoms with Crippen molar-refractivity contribution >= 4 is 36.0 Å². The molecule has 3 rings (SSSR count). The molecule has 3 amide bonds. The number of carbonyl (C=O) groups is 3. The van der Waals surface area contributed by atoms with E-state index in [0.717, 1.165) is 25.9 Å². The first-order chi connectivity index (χ1) is 11.1. The smallest absolute Gasteiger partial charge is 0.337 e. The van der Waals surface area contributed by atoms with Crippen LogP contribution in [0.25, 0.3) is 0 Å². The van der Waals surface area contributed by atoms with Crippen molar-refractivity contribution < 1.29 is 19.1 Å². The molecule has 8 heteroatoms. The van der Waals surface area contributed by atoms with Crippen LogP contribution in [-0.2, 0) is 9.53 Å². The Morgan fingerprint density at radius 3 is 2.38 bits per heavy atom. The number of hydrogen-bond donors (Lipinski definition) is 1. The van der Waals surface area contributed by atoms with E-state index in [0.29, 0.717) is 11.3 Å². The zero-order chi connectivity index (χ0) is 16.4. The van der Waals surface area contributed by atoms with E-state index in [-0.39, 0.29) is 36.9 Å². The minimum absolute atomic E-state index is 0. The molecule has 24 heavy (non-hydrogen) atoms. The number of nitrogens with zero attached hydrogens (tertiary/aromatic N) is 2. The van der Waals surface area contributed by atoms with E-state index in [9.17, 15) is 14.4 Å². The molecule has 130 valence electrons. The third kappa shape index (κ3) is 3.37. The van der Waals surface area contributed by atoms with Crippen LogP contribution in [-0.4, -0.2) is 55.6 Å². The highest BCUT2D eigenvalue weighted by atomic mass is 35.5. The van der Waals surface area contributed by atoms with E-state index < -0.39 is 5.97 Å². The number of methoxy groups -OCH3 is 1. The van der Waals surface area contributed by atoms with Gasteiger partial charge in [0, 0.05) is 6.04 Å². The summed E-state index contributed by atoms with van der Waals surface area (Å²) in [5.41, 5.74) is 0.856. The van der Waals surface area contributed by atoms with Crippen LogP contribution in [0.2, 0.25) is 0 Å². The minimum Gasteiger partial charge on any atom is -0.465 e. The summed E-state index contributed by atoms with van der Waals surface area (Å²) in [5, 5.41) is 3.25. The highest BCUT2D eigenvalue weighted by molar-refractivity contribution is 6.20. The number of hydrogen-bond acceptors (Lipinski definition) is 5. The average Bonchev–Trinajstić information content (AvgIpc) is 2.89. The van der Waals surface area contributed by atoms with Crippen LogP contribution >= 0.6 is 12.4 Å². The molecule has 7 nitrogen and oxygen atoms in total. The molecule has 0 bridgehead atoms. The highest BCUT2D eigenvalue weighted by Gasteiger charge is 2.40. The lowest BCUT2D eigenvalue weighted by Crippen LogP contribution is -2.45. The van der Waals surface area contributed by atoms with Gasteiger partial charge in [0.25, 0.3) is 5.91 Å². The fraction of sp³-hybridized carbons (Fsp3) is 0.438. The van der Waals surface area contributed by atoms with E-state index in [1.807, 2.05) is 0 Å². The zero-order valence-electron chi connectivity index (χ0n) is 13.4. The van der Waals surface area contributed by atoms with Gasteiger partial charge >= 0.3 is 12.0 Å². The number of halogens is 1. The summed E-state index contributed by atoms with van der Waals surface area (Å²) in [6, 6.07) is 6.10. The molecule has 1 N–H and O–H groups in total. The Morgan fingerprint density at radius 2 is 1.79 bits per heavy atom. The second-order valence-electron chi connectivity index (χ2n) is 5.66. The summed E-state index contributed by atoms with van der Waals surface area (Å²) in [6.45, 7) is 1.83. The van der Waals surface area contributed by atoms with E-state index in [2.05, 4.69) is 10.1 Å². The molecular formula is C16H20ClN3O4. The van der Waals surface area contributed by atoms with Crippen molar-refractivity contribution in [1.82, 2.24) is 10.2 Å². The van der Waals surface area contributed by atoms with E-state index in [1.165, 1.54) is 12.0 Å². The second kappa shape index (κ2) is 7.63. The first kappa shape index (κ1) is 18.2. The topological polar surface area (TPSA) is 79.0 Å². The van der Waals surface area contributed by atoms with Crippen molar-refractivity contribution in [3.8, 4) is 0 Å². The Kier molecular flexibility index (Phi) is 5.80. The lowest BCUT2D eigenvalue weighted by molar-refractivity contribution is -0.116. The van der Waals surface area contributed by atoms with Crippen LogP contribution in [0.3, 0.4) is 0 Å². The number of carbonyl (C=O) groups excluding carboxylic acids is 3. The van der Waals surface area contributed by atoms with Crippen LogP contribution in [0.1, 0.15) is 23.2 Å². The predicted octanol–water partition coefficient (Wildman–Crippen LogP) is 1.42. The van der Waals surface area contributed by atoms with Gasteiger partial charge in [0.1, 0.15) is 6.54 Å². The summed E-state index contributed by atoms with van der Waals surface area (Å²) in [7, 11) is 1.31. The third-order valence-corrected chi connectivity index (χ3v) is 4.29. The van der Waals surface area contributed by atoms with Crippen LogP contribution in [0.4, 0.5) is 10.5 Å². The molecule has 0 saturated carbocycles. The predicted molar refractivity (Wildman–Crippen MR) is 90.5 cm³/mol. The molecule has 2 aliphatic rings. The third-order valence-electron chi connectivity index (χ3n) is 4.29. The maximum atomic E-state index is 12.6. The fourth-order valence-electron chi connectivity index (χ4n) is 3.04. The number of benzene rings is 1. The minimum atomic E-state index is -0.452. The number of ether oxygens (including phenoxy) is 1. The molecule has 2 saturated heterocycles. The van der Waals surface area contributed by atoms with Crippen LogP contribution in [0, 0.1) is 0 Å². The number of piperidine rings is 1. The number of rotatable bonds is 3. The van der Waals surface area contributed by atoms with Crippen molar-refractivity contribution in [2.24, 2.45) is 0 Å². The van der Waals surface area contributed by atoms with Gasteiger partial charge in [-0.3, -0.25) is 4.79 Å². The molecule has 1 aromatic rings. The summed E-state index contributed by atoms with van der Waals surface area (Å²) in [5.74, 6) is -0.689. The summed E-state index contributed by atoms with van der Waals surface area (Å²) >= 11 is 0. The summed E-state index contributed by atoms with van der Waals surface area (Å²) < 4.78 is 4.64. The van der Waals surface area contributed by atoms with E-state index >= 15 is 0 Å². The lowest BCUT2D eigenvalue weighted by atomic mass is 10.1. The normalized spacial score (nSPS) is 18.5. The Balaban J connectivity index is 0.00000208. The maximum Gasteiger partial charge on any atom is 0.337 e. The van der Waals surface area contributed by atoms with Crippen molar-refractivity contribution in [1.29, 1.82) is 0 Å². The summed E-state index contributed by atoms with van der Waals surface area (Å²) in [4.78, 5) is 39.2. The first-order valence-corrected chi connectivity index (χ1v) is 7.64. The van der Waals surface area contributed by atoms with Gasteiger partial charge < -0.3 is 15.0 Å². The molecule has 0 atom stereocenters. The largest absolute Gasteiger partial charge is 0.465 e. The molecule has 0 aromatic heterocycles. The average molecular weight is 354 g/mol. The number of amides is 3. The van der Waals surface area contributed by atoms with Gasteiger partial charge in [0.15, 0.2) is 0 Å². The molecule has 0 unspecified atom stereocenters. The molecule has 2 fully saturated rings. The van der Waals surface area contributed by atoms with Crippen LogP contribution in [0.15, 0.2) is 24.3 Å². The van der Waals surface area contributed by atoms with Gasteiger partial charge in [-0.05, 0) is 50.2 Å². The quantitative estimate of drug-likeness (QED) is 0.656. The number of imide groups is 1. The molecule has 1 aromatic carbocycles. The number of urea groups is 1. The Labute approximate surface area is 146 Å². The number of anilines is 1. The molecule has 2 aliphatic heterocycles. The monoisotopic (exact) mass is 353 g/mol. The van der Waals surface area contributed by atoms with Gasteiger partial charge in [-0.1, -0.05) is 0 Å². The Morgan fingerprint density at radius 1 is 1.17 bits per heavy atom. The Bertz CT molecular complexity index is 629. The molecule has 2 heterocycles. The Hall–Kier alpha value is -2.12. The maximum absolute atomic E-state index is 12.6. The van der Waals surface area contributed by atoms with Crippen molar-refractivity contribution in [2.75, 3.05) is 31.6 Å². The number of nitrogens with one attached hydrogen (secondary N) is 1.